The molecule has 13 heavy (non-hydrogen) atoms. The third kappa shape index (κ3) is 1.90. The van der Waals surface area contributed by atoms with Crippen molar-refractivity contribution in [2.24, 2.45) is 0 Å². The second-order valence-corrected chi connectivity index (χ2v) is 2.20. The summed E-state index contributed by atoms with van der Waals surface area (Å²) in [6, 6.07) is 0. The van der Waals surface area contributed by atoms with Gasteiger partial charge in [-0.15, -0.1) is 0 Å². The van der Waals surface area contributed by atoms with Crippen LogP contribution in [0.2, 0.25) is 0 Å². The number of carbonyl (C=O) groups excluding carboxylic acids is 1. The van der Waals surface area contributed by atoms with Gasteiger partial charge in [-0.1, -0.05) is 0 Å². The normalized spacial score (nSPS) is 17.3. The molecule has 1 rings (SSSR count). The standard InChI is InChI=1S/C7H10O6/c1-10-7(11-2)4-5(8)12-3-13-6(4)9/h7-8H,3H2,1-2H3/p-1. The third-order valence-corrected chi connectivity index (χ3v) is 1.48. The summed E-state index contributed by atoms with van der Waals surface area (Å²) in [7, 11) is 2.60. The molecule has 0 fully saturated rings. The van der Waals surface area contributed by atoms with Crippen LogP contribution in [0.5, 0.6) is 0 Å². The van der Waals surface area contributed by atoms with Gasteiger partial charge in [-0.2, -0.15) is 0 Å². The minimum Gasteiger partial charge on any atom is -0.579 e. The molecule has 1 aliphatic rings. The van der Waals surface area contributed by atoms with Crippen LogP contribution in [0.4, 0.5) is 0 Å². The van der Waals surface area contributed by atoms with Crippen molar-refractivity contribution < 1.29 is 28.8 Å². The van der Waals surface area contributed by atoms with Gasteiger partial charge in [0.15, 0.2) is 6.29 Å². The molecule has 0 N–H and O–H groups in total. The van der Waals surface area contributed by atoms with E-state index in [0.29, 0.717) is 0 Å². The van der Waals surface area contributed by atoms with Crippen LogP contribution in [-0.2, 0) is 23.7 Å². The predicted molar refractivity (Wildman–Crippen MR) is 36.9 cm³/mol. The molecule has 0 aromatic heterocycles. The number of esters is 1. The SMILES string of the molecule is COC(OC)C1=C([O-])OCOC1=O. The van der Waals surface area contributed by atoms with Gasteiger partial charge >= 0.3 is 5.97 Å². The molecular formula is C7H9O6-. The lowest BCUT2D eigenvalue weighted by molar-refractivity contribution is -0.372. The maximum Gasteiger partial charge on any atom is 0.341 e. The monoisotopic (exact) mass is 189 g/mol. The Hall–Kier alpha value is -1.27. The van der Waals surface area contributed by atoms with Crippen molar-refractivity contribution in [2.45, 2.75) is 6.29 Å². The highest BCUT2D eigenvalue weighted by atomic mass is 16.7. The molecule has 0 saturated carbocycles. The number of ether oxygens (including phenoxy) is 4. The van der Waals surface area contributed by atoms with Gasteiger partial charge in [-0.05, 0) is 0 Å². The maximum absolute atomic E-state index is 11.0. The maximum atomic E-state index is 11.0. The topological polar surface area (TPSA) is 77.1 Å². The molecule has 0 bridgehead atoms. The van der Waals surface area contributed by atoms with Gasteiger partial charge in [0.2, 0.25) is 0 Å². The molecule has 0 atom stereocenters. The Balaban J connectivity index is 2.89. The van der Waals surface area contributed by atoms with E-state index in [0.717, 1.165) is 0 Å². The molecule has 0 amide bonds. The van der Waals surface area contributed by atoms with E-state index in [1.807, 2.05) is 0 Å². The van der Waals surface area contributed by atoms with Gasteiger partial charge in [0.05, 0.1) is 5.95 Å². The van der Waals surface area contributed by atoms with Crippen molar-refractivity contribution in [2.75, 3.05) is 21.0 Å². The van der Waals surface area contributed by atoms with Crippen molar-refractivity contribution in [3.63, 3.8) is 0 Å². The highest BCUT2D eigenvalue weighted by Crippen LogP contribution is 2.16. The zero-order chi connectivity index (χ0) is 9.84. The minimum atomic E-state index is -1.04. The Morgan fingerprint density at radius 1 is 1.38 bits per heavy atom. The summed E-state index contributed by atoms with van der Waals surface area (Å²) in [5.41, 5.74) is -0.281. The Morgan fingerprint density at radius 3 is 2.46 bits per heavy atom. The van der Waals surface area contributed by atoms with Crippen molar-refractivity contribution >= 4 is 5.97 Å². The van der Waals surface area contributed by atoms with Crippen molar-refractivity contribution in [1.29, 1.82) is 0 Å². The zero-order valence-corrected chi connectivity index (χ0v) is 7.23. The smallest absolute Gasteiger partial charge is 0.341 e. The first kappa shape index (κ1) is 9.82. The quantitative estimate of drug-likeness (QED) is 0.406. The molecular weight excluding hydrogens is 180 g/mol. The average Bonchev–Trinajstić information content (AvgIpc) is 2.11. The van der Waals surface area contributed by atoms with Crippen LogP contribution in [0.1, 0.15) is 0 Å². The molecule has 0 saturated heterocycles. The van der Waals surface area contributed by atoms with Crippen molar-refractivity contribution in [1.82, 2.24) is 0 Å². The second-order valence-electron chi connectivity index (χ2n) is 2.20. The van der Waals surface area contributed by atoms with Crippen LogP contribution in [0.15, 0.2) is 11.5 Å². The molecule has 6 heteroatoms. The first-order valence-corrected chi connectivity index (χ1v) is 3.47. The van der Waals surface area contributed by atoms with E-state index < -0.39 is 18.2 Å². The zero-order valence-electron chi connectivity index (χ0n) is 7.23. The van der Waals surface area contributed by atoms with Crippen LogP contribution in [0, 0.1) is 0 Å². The summed E-state index contributed by atoms with van der Waals surface area (Å²) in [5.74, 6) is -1.55. The molecule has 1 heterocycles. The number of hydrogen-bond acceptors (Lipinski definition) is 6. The van der Waals surface area contributed by atoms with Crippen molar-refractivity contribution in [3.8, 4) is 0 Å². The summed E-state index contributed by atoms with van der Waals surface area (Å²) in [6.45, 7) is -0.360. The lowest BCUT2D eigenvalue weighted by Gasteiger charge is -2.27. The van der Waals surface area contributed by atoms with Crippen LogP contribution >= 0.6 is 0 Å². The molecule has 0 radical (unpaired) electrons. The lowest BCUT2D eigenvalue weighted by Crippen LogP contribution is -2.33. The van der Waals surface area contributed by atoms with E-state index >= 15 is 0 Å². The first-order chi connectivity index (χ1) is 6.20. The summed E-state index contributed by atoms with van der Waals surface area (Å²) >= 11 is 0. The Kier molecular flexibility index (Phi) is 3.10. The summed E-state index contributed by atoms with van der Waals surface area (Å²) < 4.78 is 18.4. The third-order valence-electron chi connectivity index (χ3n) is 1.48. The number of methoxy groups -OCH3 is 2. The number of cyclic esters (lactones) is 1. The Bertz CT molecular complexity index is 229. The highest BCUT2D eigenvalue weighted by molar-refractivity contribution is 5.89. The number of carbonyl (C=O) groups is 1. The van der Waals surface area contributed by atoms with Crippen LogP contribution in [0.3, 0.4) is 0 Å². The molecule has 0 aliphatic carbocycles. The Morgan fingerprint density at radius 2 is 2.00 bits per heavy atom. The molecule has 1 aliphatic heterocycles. The van der Waals surface area contributed by atoms with Crippen LogP contribution in [0.25, 0.3) is 0 Å². The van der Waals surface area contributed by atoms with E-state index in [1.165, 1.54) is 14.2 Å². The fourth-order valence-corrected chi connectivity index (χ4v) is 0.900. The van der Waals surface area contributed by atoms with Gasteiger partial charge in [0, 0.05) is 14.2 Å². The average molecular weight is 189 g/mol. The summed E-state index contributed by atoms with van der Waals surface area (Å²) in [5, 5.41) is 11.0. The van der Waals surface area contributed by atoms with Crippen LogP contribution in [-0.4, -0.2) is 33.3 Å². The molecule has 0 aromatic rings. The predicted octanol–water partition coefficient (Wildman–Crippen LogP) is -1.29. The highest BCUT2D eigenvalue weighted by Gasteiger charge is 2.26. The lowest BCUT2D eigenvalue weighted by atomic mass is 10.2. The molecule has 0 spiro atoms. The van der Waals surface area contributed by atoms with E-state index in [2.05, 4.69) is 9.47 Å². The van der Waals surface area contributed by atoms with E-state index in [1.54, 1.807) is 0 Å². The second kappa shape index (κ2) is 4.11. The number of hydrogen-bond donors (Lipinski definition) is 0. The summed E-state index contributed by atoms with van der Waals surface area (Å²) in [4.78, 5) is 11.0. The van der Waals surface area contributed by atoms with Gasteiger partial charge < -0.3 is 24.1 Å². The van der Waals surface area contributed by atoms with E-state index in [9.17, 15) is 9.90 Å². The fraction of sp³-hybridized carbons (Fsp3) is 0.571. The molecule has 74 valence electrons. The van der Waals surface area contributed by atoms with Gasteiger partial charge in [0.1, 0.15) is 12.4 Å². The largest absolute Gasteiger partial charge is 0.579 e. The molecule has 6 nitrogen and oxygen atoms in total. The molecule has 0 aromatic carbocycles. The van der Waals surface area contributed by atoms with E-state index in [-0.39, 0.29) is 12.4 Å². The van der Waals surface area contributed by atoms with Crippen molar-refractivity contribution in [3.05, 3.63) is 11.5 Å². The molecule has 0 unspecified atom stereocenters. The number of rotatable bonds is 3. The minimum absolute atomic E-state index is 0.281. The first-order valence-electron chi connectivity index (χ1n) is 3.47. The van der Waals surface area contributed by atoms with Gasteiger partial charge in [-0.25, -0.2) is 4.79 Å². The van der Waals surface area contributed by atoms with E-state index in [4.69, 9.17) is 9.47 Å². The van der Waals surface area contributed by atoms with Gasteiger partial charge in [0.25, 0.3) is 0 Å². The van der Waals surface area contributed by atoms with Gasteiger partial charge in [-0.3, -0.25) is 0 Å². The summed E-state index contributed by atoms with van der Waals surface area (Å²) in [6.07, 6.45) is -1.04. The van der Waals surface area contributed by atoms with Crippen LogP contribution < -0.4 is 5.11 Å². The Labute approximate surface area is 74.6 Å². The fourth-order valence-electron chi connectivity index (χ4n) is 0.900.